The normalized spacial score (nSPS) is 21.9. The van der Waals surface area contributed by atoms with E-state index < -0.39 is 17.8 Å². The summed E-state index contributed by atoms with van der Waals surface area (Å²) in [6.45, 7) is 0. The van der Waals surface area contributed by atoms with Crippen LogP contribution in [0.15, 0.2) is 30.5 Å². The third kappa shape index (κ3) is 2.07. The first-order valence-electron chi connectivity index (χ1n) is 6.26. The monoisotopic (exact) mass is 258 g/mol. The number of rotatable bonds is 3. The molecule has 3 N–H and O–H groups in total. The molecule has 3 rings (SSSR count). The van der Waals surface area contributed by atoms with Gasteiger partial charge in [-0.2, -0.15) is 0 Å². The number of H-pyrrole nitrogens is 1. The van der Waals surface area contributed by atoms with E-state index in [0.29, 0.717) is 18.5 Å². The van der Waals surface area contributed by atoms with Crippen LogP contribution < -0.4 is 5.32 Å². The van der Waals surface area contributed by atoms with E-state index >= 15 is 0 Å². The van der Waals surface area contributed by atoms with Crippen LogP contribution in [0.3, 0.4) is 0 Å². The van der Waals surface area contributed by atoms with Crippen molar-refractivity contribution in [3.05, 3.63) is 30.5 Å². The predicted octanol–water partition coefficient (Wildman–Crippen LogP) is 2.22. The molecule has 19 heavy (non-hydrogen) atoms. The van der Waals surface area contributed by atoms with Crippen molar-refractivity contribution in [2.75, 3.05) is 5.32 Å². The number of nitrogens with one attached hydrogen (secondary N) is 2. The van der Waals surface area contributed by atoms with E-state index in [-0.39, 0.29) is 5.91 Å². The standard InChI is InChI=1S/C14H14N2O3/c17-13(10-2-3-11(10)14(18)19)16-9-1-4-12-8(7-9)5-6-15-12/h1,4-7,10-11,15H,2-3H2,(H,16,17)(H,18,19). The third-order valence-electron chi connectivity index (χ3n) is 3.75. The zero-order valence-corrected chi connectivity index (χ0v) is 10.2. The molecule has 1 aromatic carbocycles. The fourth-order valence-corrected chi connectivity index (χ4v) is 2.48. The maximum atomic E-state index is 12.0. The molecule has 1 aliphatic rings. The van der Waals surface area contributed by atoms with Crippen molar-refractivity contribution in [2.24, 2.45) is 11.8 Å². The van der Waals surface area contributed by atoms with Gasteiger partial charge in [0.15, 0.2) is 0 Å². The molecule has 0 bridgehead atoms. The number of aliphatic carboxylic acids is 1. The lowest BCUT2D eigenvalue weighted by atomic mass is 9.73. The van der Waals surface area contributed by atoms with Gasteiger partial charge in [0.05, 0.1) is 11.8 Å². The van der Waals surface area contributed by atoms with Gasteiger partial charge in [-0.1, -0.05) is 0 Å². The number of carboxylic acids is 1. The Hall–Kier alpha value is -2.30. The number of carbonyl (C=O) groups excluding carboxylic acids is 1. The number of benzene rings is 1. The molecule has 1 aliphatic carbocycles. The van der Waals surface area contributed by atoms with Gasteiger partial charge in [-0.25, -0.2) is 0 Å². The predicted molar refractivity (Wildman–Crippen MR) is 70.8 cm³/mol. The summed E-state index contributed by atoms with van der Waals surface area (Å²) in [5.74, 6) is -2.02. The molecule has 5 heteroatoms. The fraction of sp³-hybridized carbons (Fsp3) is 0.286. The number of aromatic amines is 1. The largest absolute Gasteiger partial charge is 0.481 e. The summed E-state index contributed by atoms with van der Waals surface area (Å²) in [5, 5.41) is 12.8. The zero-order chi connectivity index (χ0) is 13.4. The van der Waals surface area contributed by atoms with Crippen molar-refractivity contribution in [1.82, 2.24) is 4.98 Å². The summed E-state index contributed by atoms with van der Waals surface area (Å²) < 4.78 is 0. The molecule has 1 saturated carbocycles. The minimum atomic E-state index is -0.882. The molecule has 5 nitrogen and oxygen atoms in total. The SMILES string of the molecule is O=C(O)C1CCC1C(=O)Nc1ccc2[nH]ccc2c1. The first kappa shape index (κ1) is 11.8. The van der Waals surface area contributed by atoms with Crippen LogP contribution in [0.1, 0.15) is 12.8 Å². The van der Waals surface area contributed by atoms with Crippen molar-refractivity contribution >= 4 is 28.5 Å². The maximum Gasteiger partial charge on any atom is 0.307 e. The molecular formula is C14H14N2O3. The van der Waals surface area contributed by atoms with E-state index in [2.05, 4.69) is 10.3 Å². The van der Waals surface area contributed by atoms with Gasteiger partial charge in [-0.15, -0.1) is 0 Å². The van der Waals surface area contributed by atoms with Crippen LogP contribution in [0.5, 0.6) is 0 Å². The number of hydrogen-bond donors (Lipinski definition) is 3. The number of fused-ring (bicyclic) bond motifs is 1. The van der Waals surface area contributed by atoms with E-state index in [9.17, 15) is 9.59 Å². The quantitative estimate of drug-likeness (QED) is 0.789. The minimum absolute atomic E-state index is 0.200. The van der Waals surface area contributed by atoms with Crippen molar-refractivity contribution in [3.8, 4) is 0 Å². The summed E-state index contributed by atoms with van der Waals surface area (Å²) in [6.07, 6.45) is 3.07. The fourth-order valence-electron chi connectivity index (χ4n) is 2.48. The Morgan fingerprint density at radius 2 is 2.00 bits per heavy atom. The van der Waals surface area contributed by atoms with Crippen LogP contribution in [0, 0.1) is 11.8 Å². The van der Waals surface area contributed by atoms with Crippen molar-refractivity contribution < 1.29 is 14.7 Å². The summed E-state index contributed by atoms with van der Waals surface area (Å²) in [6, 6.07) is 7.50. The van der Waals surface area contributed by atoms with Gasteiger partial charge in [0, 0.05) is 22.8 Å². The average molecular weight is 258 g/mol. The molecule has 0 spiro atoms. The molecule has 0 saturated heterocycles. The summed E-state index contributed by atoms with van der Waals surface area (Å²) in [4.78, 5) is 26.0. The van der Waals surface area contributed by atoms with E-state index in [0.717, 1.165) is 10.9 Å². The lowest BCUT2D eigenvalue weighted by molar-refractivity contribution is -0.151. The van der Waals surface area contributed by atoms with Crippen LogP contribution in [0.2, 0.25) is 0 Å². The molecule has 98 valence electrons. The third-order valence-corrected chi connectivity index (χ3v) is 3.75. The molecule has 1 heterocycles. The number of aromatic nitrogens is 1. The topological polar surface area (TPSA) is 82.2 Å². The van der Waals surface area contributed by atoms with Gasteiger partial charge < -0.3 is 15.4 Å². The van der Waals surface area contributed by atoms with Gasteiger partial charge >= 0.3 is 5.97 Å². The van der Waals surface area contributed by atoms with Crippen molar-refractivity contribution in [3.63, 3.8) is 0 Å². The van der Waals surface area contributed by atoms with Crippen molar-refractivity contribution in [2.45, 2.75) is 12.8 Å². The highest BCUT2D eigenvalue weighted by atomic mass is 16.4. The minimum Gasteiger partial charge on any atom is -0.481 e. The highest BCUT2D eigenvalue weighted by Gasteiger charge is 2.41. The Morgan fingerprint density at radius 3 is 2.68 bits per heavy atom. The van der Waals surface area contributed by atoms with E-state index in [4.69, 9.17) is 5.11 Å². The maximum absolute atomic E-state index is 12.0. The van der Waals surface area contributed by atoms with Gasteiger partial charge in [0.2, 0.25) is 5.91 Å². The number of hydrogen-bond acceptors (Lipinski definition) is 2. The lowest BCUT2D eigenvalue weighted by Gasteiger charge is -2.31. The van der Waals surface area contributed by atoms with Gasteiger partial charge in [0.25, 0.3) is 0 Å². The molecule has 2 aromatic rings. The Morgan fingerprint density at radius 1 is 1.21 bits per heavy atom. The number of amides is 1. The number of carboxylic acid groups (broad SMARTS) is 1. The smallest absolute Gasteiger partial charge is 0.307 e. The molecule has 1 aromatic heterocycles. The first-order chi connectivity index (χ1) is 9.15. The number of carbonyl (C=O) groups is 2. The van der Waals surface area contributed by atoms with Gasteiger partial charge in [-0.3, -0.25) is 9.59 Å². The summed E-state index contributed by atoms with van der Waals surface area (Å²) >= 11 is 0. The molecule has 2 atom stereocenters. The van der Waals surface area contributed by atoms with Crippen LogP contribution >= 0.6 is 0 Å². The Bertz CT molecular complexity index is 647. The van der Waals surface area contributed by atoms with Crippen LogP contribution in [0.4, 0.5) is 5.69 Å². The van der Waals surface area contributed by atoms with Crippen LogP contribution in [0.25, 0.3) is 10.9 Å². The molecule has 2 unspecified atom stereocenters. The van der Waals surface area contributed by atoms with E-state index in [1.807, 2.05) is 30.5 Å². The average Bonchev–Trinajstić information content (AvgIpc) is 2.73. The highest BCUT2D eigenvalue weighted by molar-refractivity contribution is 5.97. The second-order valence-electron chi connectivity index (χ2n) is 4.90. The molecule has 1 amide bonds. The molecule has 0 aliphatic heterocycles. The van der Waals surface area contributed by atoms with E-state index in [1.54, 1.807) is 0 Å². The summed E-state index contributed by atoms with van der Waals surface area (Å²) in [5.41, 5.74) is 1.71. The first-order valence-corrected chi connectivity index (χ1v) is 6.26. The van der Waals surface area contributed by atoms with Crippen LogP contribution in [-0.4, -0.2) is 22.0 Å². The van der Waals surface area contributed by atoms with Gasteiger partial charge in [0.1, 0.15) is 0 Å². The second kappa shape index (κ2) is 4.42. The van der Waals surface area contributed by atoms with Crippen molar-refractivity contribution in [1.29, 1.82) is 0 Å². The second-order valence-corrected chi connectivity index (χ2v) is 4.90. The lowest BCUT2D eigenvalue weighted by Crippen LogP contribution is -2.41. The zero-order valence-electron chi connectivity index (χ0n) is 10.2. The Labute approximate surface area is 109 Å². The molecular weight excluding hydrogens is 244 g/mol. The number of anilines is 1. The molecule has 0 radical (unpaired) electrons. The highest BCUT2D eigenvalue weighted by Crippen LogP contribution is 2.35. The molecule has 1 fully saturated rings. The van der Waals surface area contributed by atoms with Crippen LogP contribution in [-0.2, 0) is 9.59 Å². The summed E-state index contributed by atoms with van der Waals surface area (Å²) in [7, 11) is 0. The van der Waals surface area contributed by atoms with E-state index in [1.165, 1.54) is 0 Å². The Kier molecular flexibility index (Phi) is 2.74. The Balaban J connectivity index is 1.73. The van der Waals surface area contributed by atoms with Gasteiger partial charge in [-0.05, 0) is 37.1 Å².